The molecule has 0 radical (unpaired) electrons. The molecule has 0 atom stereocenters. The molecule has 0 bridgehead atoms. The molecule has 0 aliphatic carbocycles. The van der Waals surface area contributed by atoms with Crippen LogP contribution in [0.4, 0.5) is 11.4 Å². The summed E-state index contributed by atoms with van der Waals surface area (Å²) in [4.78, 5) is 39.2. The summed E-state index contributed by atoms with van der Waals surface area (Å²) in [6.07, 6.45) is 0.890. The number of nitrogens with one attached hydrogen (secondary N) is 2. The van der Waals surface area contributed by atoms with Gasteiger partial charge in [-0.2, -0.15) is 0 Å². The third-order valence-corrected chi connectivity index (χ3v) is 4.66. The smallest absolute Gasteiger partial charge is 0.293 e. The number of rotatable bonds is 10. The summed E-state index contributed by atoms with van der Waals surface area (Å²) in [6.45, 7) is 5.94. The van der Waals surface area contributed by atoms with Gasteiger partial charge in [-0.05, 0) is 18.6 Å². The third-order valence-electron chi connectivity index (χ3n) is 4.66. The number of carbonyl (C=O) groups is 2. The maximum Gasteiger partial charge on any atom is 0.293 e. The summed E-state index contributed by atoms with van der Waals surface area (Å²) in [5.74, 6) is -0.259. The predicted octanol–water partition coefficient (Wildman–Crippen LogP) is 0.937. The van der Waals surface area contributed by atoms with Crippen molar-refractivity contribution in [2.24, 2.45) is 0 Å². The molecule has 1 aromatic carbocycles. The van der Waals surface area contributed by atoms with Crippen LogP contribution in [0, 0.1) is 10.1 Å². The summed E-state index contributed by atoms with van der Waals surface area (Å²) in [5.41, 5.74) is 0.493. The largest absolute Gasteiger partial charge is 0.383 e. The van der Waals surface area contributed by atoms with Crippen molar-refractivity contribution in [1.29, 1.82) is 0 Å². The number of hydrogen-bond acceptors (Lipinski definition) is 7. The summed E-state index contributed by atoms with van der Waals surface area (Å²) < 4.78 is 4.93. The number of piperazine rings is 1. The molecule has 10 nitrogen and oxygen atoms in total. The van der Waals surface area contributed by atoms with Crippen molar-refractivity contribution in [2.45, 2.75) is 13.3 Å². The van der Waals surface area contributed by atoms with Crippen LogP contribution in [0.25, 0.3) is 0 Å². The first-order valence-electron chi connectivity index (χ1n) is 9.75. The van der Waals surface area contributed by atoms with Gasteiger partial charge in [0.1, 0.15) is 5.69 Å². The molecule has 1 saturated heterocycles. The second-order valence-electron chi connectivity index (χ2n) is 6.83. The molecule has 1 fully saturated rings. The molecule has 0 spiro atoms. The molecule has 2 N–H and O–H groups in total. The van der Waals surface area contributed by atoms with E-state index in [9.17, 15) is 19.7 Å². The highest BCUT2D eigenvalue weighted by atomic mass is 16.6. The molecule has 2 amide bonds. The average Bonchev–Trinajstić information content (AvgIpc) is 2.72. The maximum absolute atomic E-state index is 12.8. The second kappa shape index (κ2) is 11.3. The van der Waals surface area contributed by atoms with Crippen molar-refractivity contribution in [1.82, 2.24) is 15.1 Å². The Morgan fingerprint density at radius 1 is 1.21 bits per heavy atom. The average molecular weight is 407 g/mol. The van der Waals surface area contributed by atoms with E-state index >= 15 is 0 Å². The van der Waals surface area contributed by atoms with Crippen LogP contribution >= 0.6 is 0 Å². The first-order chi connectivity index (χ1) is 14.0. The molecule has 1 aromatic rings. The van der Waals surface area contributed by atoms with E-state index < -0.39 is 4.92 Å². The van der Waals surface area contributed by atoms with E-state index in [4.69, 9.17) is 4.74 Å². The van der Waals surface area contributed by atoms with Crippen LogP contribution < -0.4 is 10.6 Å². The van der Waals surface area contributed by atoms with Crippen LogP contribution in [-0.4, -0.2) is 86.1 Å². The van der Waals surface area contributed by atoms with Crippen LogP contribution in [0.1, 0.15) is 23.7 Å². The zero-order chi connectivity index (χ0) is 21.2. The third kappa shape index (κ3) is 6.68. The summed E-state index contributed by atoms with van der Waals surface area (Å²) >= 11 is 0. The van der Waals surface area contributed by atoms with Crippen molar-refractivity contribution >= 4 is 23.2 Å². The minimum atomic E-state index is -0.501. The van der Waals surface area contributed by atoms with E-state index in [0.717, 1.165) is 6.42 Å². The Labute approximate surface area is 170 Å². The van der Waals surface area contributed by atoms with E-state index in [1.165, 1.54) is 6.07 Å². The molecule has 0 aromatic heterocycles. The van der Waals surface area contributed by atoms with Gasteiger partial charge in [0.15, 0.2) is 0 Å². The standard InChI is InChI=1S/C19H29N5O5/c1-3-6-21-18(25)14-22-8-10-23(11-9-22)19(26)15-4-5-16(20-7-12-29-2)17(13-15)24(27)28/h4-5,13,20H,3,6-12,14H2,1-2H3,(H,21,25). The van der Waals surface area contributed by atoms with Gasteiger partial charge < -0.3 is 20.3 Å². The fraction of sp³-hybridized carbons (Fsp3) is 0.579. The van der Waals surface area contributed by atoms with Gasteiger partial charge in [-0.25, -0.2) is 0 Å². The Kier molecular flexibility index (Phi) is 8.81. The summed E-state index contributed by atoms with van der Waals surface area (Å²) in [7, 11) is 1.55. The molecular weight excluding hydrogens is 378 g/mol. The van der Waals surface area contributed by atoms with E-state index in [-0.39, 0.29) is 23.1 Å². The number of anilines is 1. The van der Waals surface area contributed by atoms with Crippen molar-refractivity contribution in [2.75, 3.05) is 64.8 Å². The van der Waals surface area contributed by atoms with Gasteiger partial charge in [0.05, 0.1) is 18.1 Å². The Morgan fingerprint density at radius 3 is 2.55 bits per heavy atom. The normalized spacial score (nSPS) is 14.5. The van der Waals surface area contributed by atoms with Crippen molar-refractivity contribution < 1.29 is 19.2 Å². The predicted molar refractivity (Wildman–Crippen MR) is 109 cm³/mol. The Balaban J connectivity index is 1.96. The summed E-state index contributed by atoms with van der Waals surface area (Å²) in [5, 5.41) is 17.2. The number of hydrogen-bond donors (Lipinski definition) is 2. The van der Waals surface area contributed by atoms with Gasteiger partial charge in [-0.15, -0.1) is 0 Å². The van der Waals surface area contributed by atoms with E-state index in [2.05, 4.69) is 10.6 Å². The van der Waals surface area contributed by atoms with E-state index in [1.807, 2.05) is 11.8 Å². The lowest BCUT2D eigenvalue weighted by molar-refractivity contribution is -0.384. The van der Waals surface area contributed by atoms with Gasteiger partial charge in [0.2, 0.25) is 5.91 Å². The molecular formula is C19H29N5O5. The molecule has 29 heavy (non-hydrogen) atoms. The topological polar surface area (TPSA) is 117 Å². The lowest BCUT2D eigenvalue weighted by Crippen LogP contribution is -2.51. The van der Waals surface area contributed by atoms with Crippen molar-refractivity contribution in [3.05, 3.63) is 33.9 Å². The van der Waals surface area contributed by atoms with Gasteiger partial charge in [-0.1, -0.05) is 6.92 Å². The van der Waals surface area contributed by atoms with E-state index in [0.29, 0.717) is 58.1 Å². The monoisotopic (exact) mass is 407 g/mol. The molecule has 0 saturated carbocycles. The lowest BCUT2D eigenvalue weighted by Gasteiger charge is -2.34. The van der Waals surface area contributed by atoms with Gasteiger partial charge >= 0.3 is 0 Å². The Hall–Kier alpha value is -2.72. The second-order valence-corrected chi connectivity index (χ2v) is 6.83. The lowest BCUT2D eigenvalue weighted by atomic mass is 10.1. The molecule has 160 valence electrons. The first-order valence-corrected chi connectivity index (χ1v) is 9.75. The SMILES string of the molecule is CCCNC(=O)CN1CCN(C(=O)c2ccc(NCCOC)c([N+](=O)[O-])c2)CC1. The minimum Gasteiger partial charge on any atom is -0.383 e. The van der Waals surface area contributed by atoms with Crippen molar-refractivity contribution in [3.63, 3.8) is 0 Å². The van der Waals surface area contributed by atoms with Crippen LogP contribution in [0.3, 0.4) is 0 Å². The molecule has 1 heterocycles. The number of methoxy groups -OCH3 is 1. The van der Waals surface area contributed by atoms with Crippen LogP contribution in [0.2, 0.25) is 0 Å². The number of benzene rings is 1. The fourth-order valence-electron chi connectivity index (χ4n) is 3.07. The van der Waals surface area contributed by atoms with E-state index in [1.54, 1.807) is 24.1 Å². The minimum absolute atomic E-state index is 0.0150. The number of nitrogens with zero attached hydrogens (tertiary/aromatic N) is 3. The van der Waals surface area contributed by atoms with Gasteiger partial charge in [0.25, 0.3) is 11.6 Å². The number of nitro benzene ring substituents is 1. The molecule has 0 unspecified atom stereocenters. The zero-order valence-corrected chi connectivity index (χ0v) is 17.0. The highest BCUT2D eigenvalue weighted by Crippen LogP contribution is 2.26. The van der Waals surface area contributed by atoms with Gasteiger partial charge in [0, 0.05) is 58.0 Å². The quantitative estimate of drug-likeness (QED) is 0.337. The highest BCUT2D eigenvalue weighted by molar-refractivity contribution is 5.95. The number of carbonyl (C=O) groups excluding carboxylic acids is 2. The van der Waals surface area contributed by atoms with Gasteiger partial charge in [-0.3, -0.25) is 24.6 Å². The number of ether oxygens (including phenoxy) is 1. The number of amides is 2. The molecule has 10 heteroatoms. The summed E-state index contributed by atoms with van der Waals surface area (Å²) in [6, 6.07) is 4.45. The zero-order valence-electron chi connectivity index (χ0n) is 17.0. The molecule has 2 rings (SSSR count). The van der Waals surface area contributed by atoms with Crippen LogP contribution in [0.5, 0.6) is 0 Å². The number of nitro groups is 1. The molecule has 1 aliphatic heterocycles. The van der Waals surface area contributed by atoms with Crippen LogP contribution in [0.15, 0.2) is 18.2 Å². The Morgan fingerprint density at radius 2 is 1.93 bits per heavy atom. The Bertz CT molecular complexity index is 719. The van der Waals surface area contributed by atoms with Crippen LogP contribution in [-0.2, 0) is 9.53 Å². The van der Waals surface area contributed by atoms with Crippen molar-refractivity contribution in [3.8, 4) is 0 Å². The first kappa shape index (κ1) is 22.6. The highest BCUT2D eigenvalue weighted by Gasteiger charge is 2.25. The fourth-order valence-corrected chi connectivity index (χ4v) is 3.07. The molecule has 1 aliphatic rings. The maximum atomic E-state index is 12.8.